The summed E-state index contributed by atoms with van der Waals surface area (Å²) < 4.78 is 10.9. The molecule has 0 unspecified atom stereocenters. The summed E-state index contributed by atoms with van der Waals surface area (Å²) in [4.78, 5) is 16.3. The molecule has 2 aromatic rings. The molecule has 0 radical (unpaired) electrons. The number of hydrogen-bond donors (Lipinski definition) is 3. The predicted octanol–water partition coefficient (Wildman–Crippen LogP) is 3.29. The molecule has 1 aromatic heterocycles. The molecule has 0 fully saturated rings. The summed E-state index contributed by atoms with van der Waals surface area (Å²) in [5, 5.41) is 6.62. The van der Waals surface area contributed by atoms with Crippen LogP contribution in [0.4, 0.5) is 17.8 Å². The molecule has 0 spiro atoms. The maximum Gasteiger partial charge on any atom is 0.232 e. The van der Waals surface area contributed by atoms with E-state index in [0.29, 0.717) is 57.4 Å². The lowest BCUT2D eigenvalue weighted by atomic mass is 10.2. The Labute approximate surface area is 198 Å². The molecule has 0 aliphatic carbocycles. The SMILES string of the molecule is CCCCNc1nc(NCCOCCOCCN)nc(N(CCCC)Cc2ccccc2)n1. The van der Waals surface area contributed by atoms with E-state index in [1.807, 2.05) is 6.07 Å². The molecule has 0 saturated heterocycles. The van der Waals surface area contributed by atoms with Gasteiger partial charge in [-0.05, 0) is 18.4 Å². The van der Waals surface area contributed by atoms with Gasteiger partial charge in [0.1, 0.15) is 0 Å². The molecule has 0 saturated carbocycles. The summed E-state index contributed by atoms with van der Waals surface area (Å²) in [5.74, 6) is 1.83. The van der Waals surface area contributed by atoms with Crippen molar-refractivity contribution in [3.8, 4) is 0 Å². The molecule has 33 heavy (non-hydrogen) atoms. The number of nitrogens with two attached hydrogens (primary N) is 1. The van der Waals surface area contributed by atoms with Gasteiger partial charge in [-0.3, -0.25) is 0 Å². The van der Waals surface area contributed by atoms with Crippen molar-refractivity contribution in [2.75, 3.05) is 68.1 Å². The highest BCUT2D eigenvalue weighted by molar-refractivity contribution is 5.44. The van der Waals surface area contributed by atoms with Crippen LogP contribution >= 0.6 is 0 Å². The van der Waals surface area contributed by atoms with E-state index in [2.05, 4.69) is 58.6 Å². The summed E-state index contributed by atoms with van der Waals surface area (Å²) >= 11 is 0. The number of aromatic nitrogens is 3. The third-order valence-electron chi connectivity index (χ3n) is 4.88. The van der Waals surface area contributed by atoms with E-state index < -0.39 is 0 Å². The van der Waals surface area contributed by atoms with E-state index in [1.54, 1.807) is 0 Å². The van der Waals surface area contributed by atoms with E-state index in [0.717, 1.165) is 45.3 Å². The third-order valence-corrected chi connectivity index (χ3v) is 4.88. The average molecular weight is 460 g/mol. The third kappa shape index (κ3) is 11.3. The van der Waals surface area contributed by atoms with Crippen LogP contribution in [0.5, 0.6) is 0 Å². The number of benzene rings is 1. The molecular formula is C24H41N7O2. The molecule has 0 bridgehead atoms. The van der Waals surface area contributed by atoms with Crippen LogP contribution in [0.15, 0.2) is 30.3 Å². The van der Waals surface area contributed by atoms with Gasteiger partial charge in [-0.15, -0.1) is 0 Å². The zero-order valence-corrected chi connectivity index (χ0v) is 20.3. The van der Waals surface area contributed by atoms with Crippen LogP contribution in [0.25, 0.3) is 0 Å². The van der Waals surface area contributed by atoms with Crippen LogP contribution in [0.1, 0.15) is 45.1 Å². The molecule has 0 aliphatic heterocycles. The van der Waals surface area contributed by atoms with Crippen LogP contribution < -0.4 is 21.3 Å². The van der Waals surface area contributed by atoms with Crippen molar-refractivity contribution in [1.29, 1.82) is 0 Å². The Balaban J connectivity index is 2.05. The van der Waals surface area contributed by atoms with E-state index >= 15 is 0 Å². The Morgan fingerprint density at radius 3 is 2.15 bits per heavy atom. The quantitative estimate of drug-likeness (QED) is 0.273. The molecule has 0 amide bonds. The first kappa shape index (κ1) is 26.8. The zero-order chi connectivity index (χ0) is 23.6. The van der Waals surface area contributed by atoms with E-state index in [4.69, 9.17) is 25.2 Å². The average Bonchev–Trinajstić information content (AvgIpc) is 2.84. The number of rotatable bonds is 19. The number of unbranched alkanes of at least 4 members (excludes halogenated alkanes) is 2. The Morgan fingerprint density at radius 2 is 1.48 bits per heavy atom. The number of nitrogens with one attached hydrogen (secondary N) is 2. The molecule has 0 aliphatic rings. The summed E-state index contributed by atoms with van der Waals surface area (Å²) in [6.07, 6.45) is 4.35. The van der Waals surface area contributed by atoms with Gasteiger partial charge in [0.15, 0.2) is 0 Å². The van der Waals surface area contributed by atoms with Gasteiger partial charge in [0, 0.05) is 32.7 Å². The zero-order valence-electron chi connectivity index (χ0n) is 20.3. The highest BCUT2D eigenvalue weighted by Crippen LogP contribution is 2.17. The number of nitrogens with zero attached hydrogens (tertiary/aromatic N) is 4. The van der Waals surface area contributed by atoms with Gasteiger partial charge in [-0.2, -0.15) is 15.0 Å². The van der Waals surface area contributed by atoms with Gasteiger partial charge < -0.3 is 30.7 Å². The fraction of sp³-hybridized carbons (Fsp3) is 0.625. The molecule has 9 nitrogen and oxygen atoms in total. The predicted molar refractivity (Wildman–Crippen MR) is 135 cm³/mol. The Kier molecular flexibility index (Phi) is 13.8. The fourth-order valence-electron chi connectivity index (χ4n) is 3.08. The number of anilines is 3. The van der Waals surface area contributed by atoms with E-state index in [1.165, 1.54) is 5.56 Å². The van der Waals surface area contributed by atoms with Crippen LogP contribution in [0.3, 0.4) is 0 Å². The lowest BCUT2D eigenvalue weighted by Crippen LogP contribution is -2.27. The number of hydrogen-bond acceptors (Lipinski definition) is 9. The standard InChI is InChI=1S/C24H41N7O2/c1-3-5-13-26-22-28-23(27-14-17-33-19-18-32-16-12-25)30-24(29-22)31(15-6-4-2)20-21-10-8-7-9-11-21/h7-11H,3-6,12-20,25H2,1-2H3,(H2,26,27,28,29,30). The molecule has 1 aromatic carbocycles. The van der Waals surface area contributed by atoms with Crippen molar-refractivity contribution in [3.05, 3.63) is 35.9 Å². The second-order valence-electron chi connectivity index (χ2n) is 7.76. The lowest BCUT2D eigenvalue weighted by molar-refractivity contribution is 0.0547. The summed E-state index contributed by atoms with van der Waals surface area (Å²) in [7, 11) is 0. The van der Waals surface area contributed by atoms with Crippen LogP contribution in [0.2, 0.25) is 0 Å². The van der Waals surface area contributed by atoms with Gasteiger partial charge in [-0.1, -0.05) is 57.0 Å². The van der Waals surface area contributed by atoms with Gasteiger partial charge in [0.2, 0.25) is 17.8 Å². The molecular weight excluding hydrogens is 418 g/mol. The second-order valence-corrected chi connectivity index (χ2v) is 7.76. The minimum atomic E-state index is 0.525. The first-order chi connectivity index (χ1) is 16.3. The Hall–Kier alpha value is -2.49. The minimum absolute atomic E-state index is 0.525. The minimum Gasteiger partial charge on any atom is -0.378 e. The van der Waals surface area contributed by atoms with Crippen LogP contribution in [-0.4, -0.2) is 67.6 Å². The Bertz CT molecular complexity index is 749. The van der Waals surface area contributed by atoms with E-state index in [-0.39, 0.29) is 0 Å². The maximum absolute atomic E-state index is 5.60. The van der Waals surface area contributed by atoms with Crippen molar-refractivity contribution >= 4 is 17.8 Å². The van der Waals surface area contributed by atoms with Gasteiger partial charge in [-0.25, -0.2) is 0 Å². The normalized spacial score (nSPS) is 10.9. The lowest BCUT2D eigenvalue weighted by Gasteiger charge is -2.23. The first-order valence-corrected chi connectivity index (χ1v) is 12.1. The Morgan fingerprint density at radius 1 is 0.818 bits per heavy atom. The van der Waals surface area contributed by atoms with Crippen molar-refractivity contribution in [1.82, 2.24) is 15.0 Å². The number of ether oxygens (including phenoxy) is 2. The molecule has 0 atom stereocenters. The molecule has 4 N–H and O–H groups in total. The highest BCUT2D eigenvalue weighted by atomic mass is 16.5. The topological polar surface area (TPSA) is 110 Å². The molecule has 9 heteroatoms. The first-order valence-electron chi connectivity index (χ1n) is 12.1. The fourth-order valence-corrected chi connectivity index (χ4v) is 3.08. The second kappa shape index (κ2) is 17.0. The van der Waals surface area contributed by atoms with Crippen LogP contribution in [-0.2, 0) is 16.0 Å². The smallest absolute Gasteiger partial charge is 0.232 e. The highest BCUT2D eigenvalue weighted by Gasteiger charge is 2.14. The van der Waals surface area contributed by atoms with Crippen LogP contribution in [0, 0.1) is 0 Å². The van der Waals surface area contributed by atoms with Crippen molar-refractivity contribution in [2.45, 2.75) is 46.1 Å². The summed E-state index contributed by atoms with van der Waals surface area (Å²) in [6.45, 7) is 10.1. The van der Waals surface area contributed by atoms with Crippen molar-refractivity contribution < 1.29 is 9.47 Å². The van der Waals surface area contributed by atoms with Gasteiger partial charge >= 0.3 is 0 Å². The van der Waals surface area contributed by atoms with Crippen molar-refractivity contribution in [2.24, 2.45) is 5.73 Å². The largest absolute Gasteiger partial charge is 0.378 e. The van der Waals surface area contributed by atoms with Gasteiger partial charge in [0.05, 0.1) is 26.4 Å². The monoisotopic (exact) mass is 459 g/mol. The van der Waals surface area contributed by atoms with Gasteiger partial charge in [0.25, 0.3) is 0 Å². The summed E-state index contributed by atoms with van der Waals surface area (Å²) in [5.41, 5.74) is 6.64. The molecule has 2 rings (SSSR count). The molecule has 1 heterocycles. The summed E-state index contributed by atoms with van der Waals surface area (Å²) in [6, 6.07) is 10.4. The van der Waals surface area contributed by atoms with E-state index in [9.17, 15) is 0 Å². The maximum atomic E-state index is 5.60. The van der Waals surface area contributed by atoms with Crippen molar-refractivity contribution in [3.63, 3.8) is 0 Å². The molecule has 184 valence electrons.